The molecule has 2 aliphatic heterocycles. The third-order valence-electron chi connectivity index (χ3n) is 4.34. The highest BCUT2D eigenvalue weighted by Crippen LogP contribution is 2.29. The van der Waals surface area contributed by atoms with Gasteiger partial charge in [0.15, 0.2) is 0 Å². The van der Waals surface area contributed by atoms with Crippen LogP contribution in [0.25, 0.3) is 0 Å². The van der Waals surface area contributed by atoms with Crippen molar-refractivity contribution in [3.8, 4) is 5.75 Å². The van der Waals surface area contributed by atoms with Crippen LogP contribution >= 0.6 is 0 Å². The number of rotatable bonds is 5. The monoisotopic (exact) mass is 346 g/mol. The molecule has 2 N–H and O–H groups in total. The molecule has 2 heterocycles. The number of ether oxygens (including phenoxy) is 3. The highest BCUT2D eigenvalue weighted by atomic mass is 16.6. The molecule has 1 aromatic carbocycles. The molecular weight excluding hydrogens is 324 g/mol. The first kappa shape index (κ1) is 17.3. The first-order chi connectivity index (χ1) is 12.1. The summed E-state index contributed by atoms with van der Waals surface area (Å²) in [7, 11) is 1.57. The van der Waals surface area contributed by atoms with Crippen molar-refractivity contribution in [1.82, 2.24) is 10.6 Å². The lowest BCUT2D eigenvalue weighted by Gasteiger charge is -2.28. The number of carbonyl (C=O) groups excluding carboxylic acids is 2. The van der Waals surface area contributed by atoms with Gasteiger partial charge in [0, 0.05) is 12.3 Å². The molecule has 0 unspecified atom stereocenters. The number of esters is 1. The average molecular weight is 346 g/mol. The Morgan fingerprint density at radius 1 is 1.40 bits per heavy atom. The van der Waals surface area contributed by atoms with Crippen LogP contribution in [0.5, 0.6) is 5.75 Å². The van der Waals surface area contributed by atoms with Crippen LogP contribution in [-0.2, 0) is 14.3 Å². The van der Waals surface area contributed by atoms with E-state index in [1.807, 2.05) is 12.1 Å². The fourth-order valence-corrected chi connectivity index (χ4v) is 3.06. The van der Waals surface area contributed by atoms with Crippen molar-refractivity contribution >= 4 is 12.0 Å². The van der Waals surface area contributed by atoms with Crippen LogP contribution in [0, 0.1) is 0 Å². The first-order valence-electron chi connectivity index (χ1n) is 8.29. The molecular formula is C18H22N2O5. The zero-order valence-electron chi connectivity index (χ0n) is 14.3. The van der Waals surface area contributed by atoms with Gasteiger partial charge in [-0.05, 0) is 37.5 Å². The van der Waals surface area contributed by atoms with Gasteiger partial charge in [0.25, 0.3) is 0 Å². The van der Waals surface area contributed by atoms with Crippen molar-refractivity contribution in [2.24, 2.45) is 0 Å². The van der Waals surface area contributed by atoms with Crippen molar-refractivity contribution in [2.45, 2.75) is 31.9 Å². The Kier molecular flexibility index (Phi) is 5.23. The van der Waals surface area contributed by atoms with Crippen LogP contribution in [0.3, 0.4) is 0 Å². The summed E-state index contributed by atoms with van der Waals surface area (Å²) in [5.41, 5.74) is 1.61. The Morgan fingerprint density at radius 3 is 2.96 bits per heavy atom. The summed E-state index contributed by atoms with van der Waals surface area (Å²) in [6, 6.07) is 6.28. The van der Waals surface area contributed by atoms with E-state index in [0.717, 1.165) is 18.4 Å². The van der Waals surface area contributed by atoms with E-state index in [0.29, 0.717) is 23.6 Å². The summed E-state index contributed by atoms with van der Waals surface area (Å²) in [6.45, 7) is 2.61. The van der Waals surface area contributed by atoms with Crippen LogP contribution in [0.2, 0.25) is 0 Å². The molecule has 0 bridgehead atoms. The molecule has 2 aliphatic rings. The van der Waals surface area contributed by atoms with Crippen molar-refractivity contribution in [2.75, 3.05) is 20.3 Å². The minimum atomic E-state index is -0.596. The van der Waals surface area contributed by atoms with E-state index < -0.39 is 12.0 Å². The molecule has 0 spiro atoms. The quantitative estimate of drug-likeness (QED) is 0.797. The molecule has 134 valence electrons. The number of urea groups is 1. The second-order valence-corrected chi connectivity index (χ2v) is 6.08. The smallest absolute Gasteiger partial charge is 0.338 e. The lowest BCUT2D eigenvalue weighted by Crippen LogP contribution is -2.45. The van der Waals surface area contributed by atoms with Gasteiger partial charge in [-0.2, -0.15) is 0 Å². The maximum absolute atomic E-state index is 12.7. The highest BCUT2D eigenvalue weighted by molar-refractivity contribution is 5.95. The van der Waals surface area contributed by atoms with Gasteiger partial charge >= 0.3 is 12.0 Å². The zero-order valence-corrected chi connectivity index (χ0v) is 14.3. The normalized spacial score (nSPS) is 23.0. The van der Waals surface area contributed by atoms with Crippen LogP contribution < -0.4 is 15.4 Å². The lowest BCUT2D eigenvalue weighted by molar-refractivity contribution is -0.142. The van der Waals surface area contributed by atoms with E-state index in [1.165, 1.54) is 0 Å². The lowest BCUT2D eigenvalue weighted by atomic mass is 9.95. The van der Waals surface area contributed by atoms with Gasteiger partial charge in [0.1, 0.15) is 12.4 Å². The van der Waals surface area contributed by atoms with Gasteiger partial charge in [-0.15, -0.1) is 0 Å². The van der Waals surface area contributed by atoms with E-state index in [4.69, 9.17) is 14.2 Å². The second kappa shape index (κ2) is 7.57. The Balaban J connectivity index is 1.82. The third-order valence-corrected chi connectivity index (χ3v) is 4.34. The Hall–Kier alpha value is -2.54. The molecule has 1 fully saturated rings. The molecule has 25 heavy (non-hydrogen) atoms. The fraction of sp³-hybridized carbons (Fsp3) is 0.444. The number of hydrogen-bond donors (Lipinski definition) is 2. The largest absolute Gasteiger partial charge is 0.497 e. The molecule has 2 amide bonds. The van der Waals surface area contributed by atoms with Crippen LogP contribution in [-0.4, -0.2) is 38.4 Å². The van der Waals surface area contributed by atoms with Gasteiger partial charge in [-0.3, -0.25) is 0 Å². The fourth-order valence-electron chi connectivity index (χ4n) is 3.06. The van der Waals surface area contributed by atoms with Crippen molar-refractivity contribution in [3.05, 3.63) is 41.1 Å². The summed E-state index contributed by atoms with van der Waals surface area (Å²) < 4.78 is 16.1. The maximum Gasteiger partial charge on any atom is 0.338 e. The summed E-state index contributed by atoms with van der Waals surface area (Å²) in [5, 5.41) is 5.41. The molecule has 0 aromatic heterocycles. The van der Waals surface area contributed by atoms with Gasteiger partial charge in [-0.25, -0.2) is 9.59 Å². The van der Waals surface area contributed by atoms with Gasteiger partial charge in [0.05, 0.1) is 24.8 Å². The molecule has 0 saturated carbocycles. The Labute approximate surface area is 146 Å². The number of hydrogen-bond acceptors (Lipinski definition) is 5. The summed E-state index contributed by atoms with van der Waals surface area (Å²) in [5.74, 6) is 0.184. The molecule has 1 aromatic rings. The molecule has 7 nitrogen and oxygen atoms in total. The van der Waals surface area contributed by atoms with E-state index in [2.05, 4.69) is 10.6 Å². The number of allylic oxidation sites excluding steroid dienone is 1. The predicted octanol–water partition coefficient (Wildman–Crippen LogP) is 2.05. The molecule has 1 saturated heterocycles. The third kappa shape index (κ3) is 3.93. The highest BCUT2D eigenvalue weighted by Gasteiger charge is 2.33. The van der Waals surface area contributed by atoms with Gasteiger partial charge < -0.3 is 24.8 Å². The van der Waals surface area contributed by atoms with E-state index >= 15 is 0 Å². The number of carbonyl (C=O) groups is 2. The van der Waals surface area contributed by atoms with Crippen LogP contribution in [0.1, 0.15) is 31.4 Å². The van der Waals surface area contributed by atoms with Gasteiger partial charge in [0.2, 0.25) is 0 Å². The molecule has 0 radical (unpaired) electrons. The minimum Gasteiger partial charge on any atom is -0.497 e. The van der Waals surface area contributed by atoms with Crippen LogP contribution in [0.4, 0.5) is 4.79 Å². The molecule has 7 heteroatoms. The Morgan fingerprint density at radius 2 is 2.24 bits per heavy atom. The standard InChI is InChI=1S/C18H22N2O5/c1-11-15(17(21)25-10-14-7-4-8-24-14)16(20-18(22)19-11)12-5-3-6-13(9-12)23-2/h3,5-6,9,14,16H,4,7-8,10H2,1-2H3,(H2,19,20,22)/t14-,16-/m1/s1. The zero-order chi connectivity index (χ0) is 17.8. The summed E-state index contributed by atoms with van der Waals surface area (Å²) >= 11 is 0. The van der Waals surface area contributed by atoms with Crippen molar-refractivity contribution in [1.29, 1.82) is 0 Å². The first-order valence-corrected chi connectivity index (χ1v) is 8.29. The van der Waals surface area contributed by atoms with E-state index in [9.17, 15) is 9.59 Å². The molecule has 0 aliphatic carbocycles. The van der Waals surface area contributed by atoms with Crippen molar-refractivity contribution in [3.63, 3.8) is 0 Å². The topological polar surface area (TPSA) is 85.9 Å². The minimum absolute atomic E-state index is 0.0498. The van der Waals surface area contributed by atoms with Gasteiger partial charge in [-0.1, -0.05) is 12.1 Å². The SMILES string of the molecule is COc1cccc([C@H]2NC(=O)NC(C)=C2C(=O)OC[C@H]2CCCO2)c1. The van der Waals surface area contributed by atoms with E-state index in [1.54, 1.807) is 26.2 Å². The van der Waals surface area contributed by atoms with E-state index in [-0.39, 0.29) is 18.7 Å². The molecule has 2 atom stereocenters. The van der Waals surface area contributed by atoms with Crippen molar-refractivity contribution < 1.29 is 23.8 Å². The average Bonchev–Trinajstić information content (AvgIpc) is 3.12. The second-order valence-electron chi connectivity index (χ2n) is 6.08. The number of methoxy groups -OCH3 is 1. The number of nitrogens with one attached hydrogen (secondary N) is 2. The summed E-state index contributed by atoms with van der Waals surface area (Å²) in [6.07, 6.45) is 1.82. The predicted molar refractivity (Wildman–Crippen MR) is 90.0 cm³/mol. The number of amides is 2. The maximum atomic E-state index is 12.7. The molecule has 3 rings (SSSR count). The summed E-state index contributed by atoms with van der Waals surface area (Å²) in [4.78, 5) is 24.5. The number of benzene rings is 1. The Bertz CT molecular complexity index is 694. The van der Waals surface area contributed by atoms with Crippen LogP contribution in [0.15, 0.2) is 35.5 Å².